The number of carbonyl (C=O) groups is 1. The Bertz CT molecular complexity index is 198. The molecule has 0 spiro atoms. The van der Waals surface area contributed by atoms with Crippen LogP contribution >= 0.6 is 0 Å². The van der Waals surface area contributed by atoms with Crippen LogP contribution in [-0.2, 0) is 14.0 Å². The van der Waals surface area contributed by atoms with Crippen LogP contribution in [0.25, 0.3) is 0 Å². The molecule has 0 rings (SSSR count). The van der Waals surface area contributed by atoms with Gasteiger partial charge in [-0.2, -0.15) is 0 Å². The van der Waals surface area contributed by atoms with Crippen LogP contribution < -0.4 is 5.32 Å². The Labute approximate surface area is 99.8 Å². The van der Waals surface area contributed by atoms with Crippen LogP contribution in [0.3, 0.4) is 0 Å². The summed E-state index contributed by atoms with van der Waals surface area (Å²) in [4.78, 5) is 10.8. The van der Waals surface area contributed by atoms with Crippen LogP contribution in [0.2, 0.25) is 19.1 Å². The molecule has 0 aliphatic rings. The van der Waals surface area contributed by atoms with Crippen LogP contribution in [0.15, 0.2) is 0 Å². The highest BCUT2D eigenvalue weighted by Gasteiger charge is 2.20. The monoisotopic (exact) mass is 247 g/mol. The molecule has 0 saturated carbocycles. The molecule has 0 aliphatic carbocycles. The Morgan fingerprint density at radius 1 is 1.31 bits per heavy atom. The molecule has 4 nitrogen and oxygen atoms in total. The minimum absolute atomic E-state index is 0.156. The van der Waals surface area contributed by atoms with Gasteiger partial charge in [0, 0.05) is 13.2 Å². The highest BCUT2D eigenvalue weighted by molar-refractivity contribution is 6.71. The Kier molecular flexibility index (Phi) is 8.51. The van der Waals surface area contributed by atoms with Crippen molar-refractivity contribution in [3.63, 3.8) is 0 Å². The predicted molar refractivity (Wildman–Crippen MR) is 68.0 cm³/mol. The molecule has 1 N–H and O–H groups in total. The van der Waals surface area contributed by atoms with Crippen molar-refractivity contribution < 1.29 is 14.0 Å². The quantitative estimate of drug-likeness (QED) is 0.383. The van der Waals surface area contributed by atoms with Gasteiger partial charge in [-0.15, -0.1) is 0 Å². The Morgan fingerprint density at radius 2 is 2.00 bits per heavy atom. The molecule has 0 aromatic heterocycles. The lowest BCUT2D eigenvalue weighted by atomic mass is 10.4. The molecule has 0 aromatic carbocycles. The number of ether oxygens (including phenoxy) is 1. The number of carbonyl (C=O) groups excluding carboxylic acids is 1. The van der Waals surface area contributed by atoms with E-state index in [1.54, 1.807) is 0 Å². The Morgan fingerprint density at radius 3 is 2.56 bits per heavy atom. The average molecular weight is 247 g/mol. The van der Waals surface area contributed by atoms with Crippen LogP contribution in [-0.4, -0.2) is 41.1 Å². The molecule has 0 aliphatic heterocycles. The van der Waals surface area contributed by atoms with E-state index in [1.807, 2.05) is 6.92 Å². The number of rotatable bonds is 9. The lowest BCUT2D eigenvalue weighted by Gasteiger charge is -2.21. The highest BCUT2D eigenvalue weighted by Crippen LogP contribution is 2.12. The van der Waals surface area contributed by atoms with Gasteiger partial charge in [-0.05, 0) is 39.0 Å². The van der Waals surface area contributed by atoms with Gasteiger partial charge < -0.3 is 14.5 Å². The van der Waals surface area contributed by atoms with E-state index >= 15 is 0 Å². The van der Waals surface area contributed by atoms with Gasteiger partial charge in [-0.25, -0.2) is 0 Å². The van der Waals surface area contributed by atoms with Crippen LogP contribution in [0.5, 0.6) is 0 Å². The van der Waals surface area contributed by atoms with Crippen molar-refractivity contribution in [3.05, 3.63) is 0 Å². The molecule has 0 atom stereocenters. The van der Waals surface area contributed by atoms with Gasteiger partial charge in [0.2, 0.25) is 0 Å². The van der Waals surface area contributed by atoms with Crippen molar-refractivity contribution in [2.45, 2.75) is 38.9 Å². The van der Waals surface area contributed by atoms with Crippen molar-refractivity contribution in [1.82, 2.24) is 5.32 Å². The second-order valence-corrected chi connectivity index (χ2v) is 8.68. The van der Waals surface area contributed by atoms with Crippen LogP contribution in [0.1, 0.15) is 19.8 Å². The highest BCUT2D eigenvalue weighted by atomic mass is 28.4. The van der Waals surface area contributed by atoms with Gasteiger partial charge in [0.05, 0.1) is 13.5 Å². The molecule has 0 bridgehead atoms. The third-order valence-electron chi connectivity index (χ3n) is 2.40. The maximum atomic E-state index is 10.8. The lowest BCUT2D eigenvalue weighted by Crippen LogP contribution is -2.31. The molecular formula is C11H25NO3Si. The molecule has 0 fully saturated rings. The summed E-state index contributed by atoms with van der Waals surface area (Å²) in [5.41, 5.74) is 0. The zero-order chi connectivity index (χ0) is 12.4. The van der Waals surface area contributed by atoms with Crippen LogP contribution in [0, 0.1) is 0 Å². The van der Waals surface area contributed by atoms with E-state index in [0.717, 1.165) is 25.6 Å². The number of hydrogen-bond donors (Lipinski definition) is 1. The fourth-order valence-electron chi connectivity index (χ4n) is 1.52. The smallest absolute Gasteiger partial charge is 0.306 e. The fourth-order valence-corrected chi connectivity index (χ4v) is 3.47. The second kappa shape index (κ2) is 8.72. The van der Waals surface area contributed by atoms with Crippen LogP contribution in [0.4, 0.5) is 0 Å². The summed E-state index contributed by atoms with van der Waals surface area (Å²) < 4.78 is 10.3. The molecule has 0 aromatic rings. The molecule has 16 heavy (non-hydrogen) atoms. The number of methoxy groups -OCH3 is 1. The summed E-state index contributed by atoms with van der Waals surface area (Å²) >= 11 is 0. The molecule has 0 unspecified atom stereocenters. The molecule has 0 radical (unpaired) electrons. The van der Waals surface area contributed by atoms with Gasteiger partial charge >= 0.3 is 5.97 Å². The van der Waals surface area contributed by atoms with Gasteiger partial charge in [-0.3, -0.25) is 4.79 Å². The SMILES string of the molecule is CCO[Si](C)(C)CCCNCCC(=O)OC. The summed E-state index contributed by atoms with van der Waals surface area (Å²) in [7, 11) is -0.00862. The third kappa shape index (κ3) is 8.88. The minimum atomic E-state index is -1.42. The number of esters is 1. The summed E-state index contributed by atoms with van der Waals surface area (Å²) in [6, 6.07) is 1.16. The Hall–Kier alpha value is -0.393. The van der Waals surface area contributed by atoms with Gasteiger partial charge in [0.1, 0.15) is 0 Å². The first-order chi connectivity index (χ1) is 7.52. The second-order valence-electron chi connectivity index (χ2n) is 4.37. The number of hydrogen-bond acceptors (Lipinski definition) is 4. The molecular weight excluding hydrogens is 222 g/mol. The first-order valence-electron chi connectivity index (χ1n) is 5.93. The van der Waals surface area contributed by atoms with E-state index < -0.39 is 8.32 Å². The molecule has 5 heteroatoms. The third-order valence-corrected chi connectivity index (χ3v) is 5.03. The maximum Gasteiger partial charge on any atom is 0.306 e. The maximum absolute atomic E-state index is 10.8. The topological polar surface area (TPSA) is 47.6 Å². The van der Waals surface area contributed by atoms with E-state index in [1.165, 1.54) is 7.11 Å². The zero-order valence-electron chi connectivity index (χ0n) is 11.0. The fraction of sp³-hybridized carbons (Fsp3) is 0.909. The lowest BCUT2D eigenvalue weighted by molar-refractivity contribution is -0.140. The summed E-state index contributed by atoms with van der Waals surface area (Å²) in [5, 5.41) is 3.23. The van der Waals surface area contributed by atoms with Crippen molar-refractivity contribution in [3.8, 4) is 0 Å². The standard InChI is InChI=1S/C11H25NO3Si/c1-5-15-16(3,4)10-6-8-12-9-7-11(13)14-2/h12H,5-10H2,1-4H3. The van der Waals surface area contributed by atoms with Gasteiger partial charge in [-0.1, -0.05) is 0 Å². The predicted octanol–water partition coefficient (Wildman–Crippen LogP) is 1.77. The van der Waals surface area contributed by atoms with Crippen molar-refractivity contribution in [1.29, 1.82) is 0 Å². The summed E-state index contributed by atoms with van der Waals surface area (Å²) in [6.07, 6.45) is 1.56. The molecule has 0 heterocycles. The first-order valence-corrected chi connectivity index (χ1v) is 9.05. The van der Waals surface area contributed by atoms with E-state index in [-0.39, 0.29) is 5.97 Å². The van der Waals surface area contributed by atoms with Gasteiger partial charge in [0.15, 0.2) is 8.32 Å². The minimum Gasteiger partial charge on any atom is -0.469 e. The van der Waals surface area contributed by atoms with Crippen molar-refractivity contribution in [2.75, 3.05) is 26.8 Å². The largest absolute Gasteiger partial charge is 0.469 e. The van der Waals surface area contributed by atoms with Gasteiger partial charge in [0.25, 0.3) is 0 Å². The van der Waals surface area contributed by atoms with E-state index in [0.29, 0.717) is 13.0 Å². The van der Waals surface area contributed by atoms with E-state index in [2.05, 4.69) is 23.1 Å². The summed E-state index contributed by atoms with van der Waals surface area (Å²) in [6.45, 7) is 8.98. The molecule has 0 saturated heterocycles. The molecule has 0 amide bonds. The summed E-state index contributed by atoms with van der Waals surface area (Å²) in [5.74, 6) is -0.156. The average Bonchev–Trinajstić information content (AvgIpc) is 2.22. The van der Waals surface area contributed by atoms with E-state index in [4.69, 9.17) is 4.43 Å². The van der Waals surface area contributed by atoms with E-state index in [9.17, 15) is 4.79 Å². The number of nitrogens with one attached hydrogen (secondary N) is 1. The van der Waals surface area contributed by atoms with Crippen molar-refractivity contribution in [2.24, 2.45) is 0 Å². The normalized spacial score (nSPS) is 11.5. The molecule has 96 valence electrons. The van der Waals surface area contributed by atoms with Crippen molar-refractivity contribution >= 4 is 14.3 Å². The Balaban J connectivity index is 3.36. The first kappa shape index (κ1) is 15.6. The zero-order valence-corrected chi connectivity index (χ0v) is 12.0.